The smallest absolute Gasteiger partial charge is 0.256 e. The predicted molar refractivity (Wildman–Crippen MR) is 98.0 cm³/mol. The molecular formula is C18H24BrN3O. The number of hydrogen-bond acceptors (Lipinski definition) is 2. The van der Waals surface area contributed by atoms with Crippen molar-refractivity contribution in [2.75, 3.05) is 5.32 Å². The van der Waals surface area contributed by atoms with E-state index in [-0.39, 0.29) is 16.9 Å². The molecule has 1 heterocycles. The lowest BCUT2D eigenvalue weighted by atomic mass is 9.92. The molecule has 2 rings (SSSR count). The highest BCUT2D eigenvalue weighted by molar-refractivity contribution is 9.10. The van der Waals surface area contributed by atoms with E-state index in [2.05, 4.69) is 62.8 Å². The van der Waals surface area contributed by atoms with Gasteiger partial charge >= 0.3 is 0 Å². The fourth-order valence-corrected chi connectivity index (χ4v) is 2.40. The van der Waals surface area contributed by atoms with Crippen LogP contribution >= 0.6 is 15.9 Å². The van der Waals surface area contributed by atoms with Crippen molar-refractivity contribution in [3.8, 4) is 0 Å². The maximum Gasteiger partial charge on any atom is 0.256 e. The number of rotatable bonds is 2. The summed E-state index contributed by atoms with van der Waals surface area (Å²) in [6, 6.07) is 9.26. The maximum absolute atomic E-state index is 12.5. The average Bonchev–Trinajstić information content (AvgIpc) is 2.83. The minimum absolute atomic E-state index is 0.0758. The van der Waals surface area contributed by atoms with Crippen molar-refractivity contribution >= 4 is 27.7 Å². The molecule has 0 saturated carbocycles. The first-order valence-electron chi connectivity index (χ1n) is 7.66. The minimum atomic E-state index is -0.216. The molecule has 0 saturated heterocycles. The van der Waals surface area contributed by atoms with Gasteiger partial charge in [-0.2, -0.15) is 5.10 Å². The van der Waals surface area contributed by atoms with Gasteiger partial charge < -0.3 is 5.32 Å². The first-order chi connectivity index (χ1) is 10.5. The van der Waals surface area contributed by atoms with Crippen molar-refractivity contribution < 1.29 is 4.79 Å². The highest BCUT2D eigenvalue weighted by Crippen LogP contribution is 2.28. The molecule has 0 aliphatic heterocycles. The van der Waals surface area contributed by atoms with Crippen LogP contribution < -0.4 is 5.32 Å². The van der Waals surface area contributed by atoms with Crippen LogP contribution in [-0.2, 0) is 11.0 Å². The lowest BCUT2D eigenvalue weighted by Crippen LogP contribution is -2.27. The number of benzene rings is 1. The van der Waals surface area contributed by atoms with E-state index in [9.17, 15) is 4.79 Å². The number of anilines is 1. The fourth-order valence-electron chi connectivity index (χ4n) is 2.14. The van der Waals surface area contributed by atoms with Crippen molar-refractivity contribution in [1.29, 1.82) is 0 Å². The van der Waals surface area contributed by atoms with Crippen LogP contribution in [0.5, 0.6) is 0 Å². The molecule has 2 aromatic rings. The molecule has 0 bridgehead atoms. The van der Waals surface area contributed by atoms with E-state index >= 15 is 0 Å². The number of carbonyl (C=O) groups excluding carboxylic acids is 1. The van der Waals surface area contributed by atoms with E-state index in [1.54, 1.807) is 12.1 Å². The standard InChI is InChI=1S/C18H24BrN3O/c1-17(2,3)14-11-15(22(21-14)18(4,5)6)20-16(23)12-7-9-13(19)10-8-12/h7-11H,1-6H3,(H,20,23). The molecule has 1 aromatic carbocycles. The molecule has 1 aromatic heterocycles. The highest BCUT2D eigenvalue weighted by atomic mass is 79.9. The summed E-state index contributed by atoms with van der Waals surface area (Å²) in [7, 11) is 0. The molecular weight excluding hydrogens is 354 g/mol. The first kappa shape index (κ1) is 17.7. The first-order valence-corrected chi connectivity index (χ1v) is 8.46. The van der Waals surface area contributed by atoms with Crippen molar-refractivity contribution in [2.45, 2.75) is 52.5 Å². The van der Waals surface area contributed by atoms with Crippen molar-refractivity contribution in [2.24, 2.45) is 0 Å². The summed E-state index contributed by atoms with van der Waals surface area (Å²) in [6.07, 6.45) is 0. The quantitative estimate of drug-likeness (QED) is 0.804. The largest absolute Gasteiger partial charge is 0.307 e. The Balaban J connectivity index is 2.36. The molecule has 0 fully saturated rings. The van der Waals surface area contributed by atoms with Gasteiger partial charge in [-0.1, -0.05) is 36.7 Å². The van der Waals surface area contributed by atoms with E-state index in [0.29, 0.717) is 5.56 Å². The van der Waals surface area contributed by atoms with E-state index in [1.165, 1.54) is 0 Å². The number of nitrogens with one attached hydrogen (secondary N) is 1. The van der Waals surface area contributed by atoms with Gasteiger partial charge in [0, 0.05) is 21.5 Å². The molecule has 1 amide bonds. The van der Waals surface area contributed by atoms with Gasteiger partial charge in [0.1, 0.15) is 5.82 Å². The van der Waals surface area contributed by atoms with E-state index in [1.807, 2.05) is 22.9 Å². The summed E-state index contributed by atoms with van der Waals surface area (Å²) >= 11 is 3.38. The number of nitrogens with zero attached hydrogens (tertiary/aromatic N) is 2. The number of aromatic nitrogens is 2. The van der Waals surface area contributed by atoms with Crippen molar-refractivity contribution in [3.63, 3.8) is 0 Å². The van der Waals surface area contributed by atoms with E-state index in [4.69, 9.17) is 5.10 Å². The van der Waals surface area contributed by atoms with Crippen LogP contribution in [0.2, 0.25) is 0 Å². The lowest BCUT2D eigenvalue weighted by molar-refractivity contribution is 0.102. The number of halogens is 1. The zero-order valence-corrected chi connectivity index (χ0v) is 16.2. The predicted octanol–water partition coefficient (Wildman–Crippen LogP) is 4.95. The molecule has 0 aliphatic carbocycles. The molecule has 0 aliphatic rings. The summed E-state index contributed by atoms with van der Waals surface area (Å²) in [5.74, 6) is 0.582. The van der Waals surface area contributed by atoms with Crippen LogP contribution in [0.1, 0.15) is 57.6 Å². The normalized spacial score (nSPS) is 12.3. The second kappa shape index (κ2) is 6.11. The van der Waals surface area contributed by atoms with Gasteiger partial charge in [-0.25, -0.2) is 4.68 Å². The Hall–Kier alpha value is -1.62. The Kier molecular flexibility index (Phi) is 4.71. The Labute approximate surface area is 146 Å². The van der Waals surface area contributed by atoms with Gasteiger partial charge in [-0.15, -0.1) is 0 Å². The van der Waals surface area contributed by atoms with Gasteiger partial charge in [0.25, 0.3) is 5.91 Å². The number of amides is 1. The van der Waals surface area contributed by atoms with E-state index in [0.717, 1.165) is 16.0 Å². The van der Waals surface area contributed by atoms with Gasteiger partial charge in [0.05, 0.1) is 11.2 Å². The summed E-state index contributed by atoms with van der Waals surface area (Å²) in [5, 5.41) is 7.70. The third kappa shape index (κ3) is 4.22. The molecule has 124 valence electrons. The number of hydrogen-bond donors (Lipinski definition) is 1. The van der Waals surface area contributed by atoms with Gasteiger partial charge in [0.2, 0.25) is 0 Å². The molecule has 0 spiro atoms. The Morgan fingerprint density at radius 1 is 1.09 bits per heavy atom. The topological polar surface area (TPSA) is 46.9 Å². The Morgan fingerprint density at radius 2 is 1.65 bits per heavy atom. The summed E-state index contributed by atoms with van der Waals surface area (Å²) in [5.41, 5.74) is 1.28. The summed E-state index contributed by atoms with van der Waals surface area (Å²) in [6.45, 7) is 12.6. The molecule has 1 N–H and O–H groups in total. The second-order valence-electron chi connectivity index (χ2n) is 7.71. The second-order valence-corrected chi connectivity index (χ2v) is 8.62. The van der Waals surface area contributed by atoms with Crippen LogP contribution in [0, 0.1) is 0 Å². The molecule has 23 heavy (non-hydrogen) atoms. The van der Waals surface area contributed by atoms with E-state index < -0.39 is 0 Å². The molecule has 0 atom stereocenters. The molecule has 0 unspecified atom stereocenters. The summed E-state index contributed by atoms with van der Waals surface area (Å²) < 4.78 is 2.83. The Bertz CT molecular complexity index is 703. The van der Waals surface area contributed by atoms with Crippen LogP contribution in [0.15, 0.2) is 34.8 Å². The molecule has 4 nitrogen and oxygen atoms in total. The van der Waals surface area contributed by atoms with Crippen LogP contribution in [0.25, 0.3) is 0 Å². The average molecular weight is 378 g/mol. The third-order valence-electron chi connectivity index (χ3n) is 3.46. The van der Waals surface area contributed by atoms with Crippen molar-refractivity contribution in [1.82, 2.24) is 9.78 Å². The van der Waals surface area contributed by atoms with Crippen LogP contribution in [-0.4, -0.2) is 15.7 Å². The third-order valence-corrected chi connectivity index (χ3v) is 3.99. The molecule has 5 heteroatoms. The fraction of sp³-hybridized carbons (Fsp3) is 0.444. The van der Waals surface area contributed by atoms with Gasteiger partial charge in [-0.3, -0.25) is 4.79 Å². The monoisotopic (exact) mass is 377 g/mol. The van der Waals surface area contributed by atoms with Crippen LogP contribution in [0.4, 0.5) is 5.82 Å². The lowest BCUT2D eigenvalue weighted by Gasteiger charge is -2.23. The summed E-state index contributed by atoms with van der Waals surface area (Å²) in [4.78, 5) is 12.5. The minimum Gasteiger partial charge on any atom is -0.307 e. The van der Waals surface area contributed by atoms with Crippen LogP contribution in [0.3, 0.4) is 0 Å². The Morgan fingerprint density at radius 3 is 2.13 bits per heavy atom. The zero-order chi connectivity index (χ0) is 17.4. The highest BCUT2D eigenvalue weighted by Gasteiger charge is 2.25. The number of carbonyl (C=O) groups is 1. The van der Waals surface area contributed by atoms with Gasteiger partial charge in [-0.05, 0) is 45.0 Å². The maximum atomic E-state index is 12.5. The van der Waals surface area contributed by atoms with Crippen molar-refractivity contribution in [3.05, 3.63) is 46.1 Å². The SMILES string of the molecule is CC(C)(C)c1cc(NC(=O)c2ccc(Br)cc2)n(C(C)(C)C)n1. The molecule has 0 radical (unpaired) electrons. The zero-order valence-electron chi connectivity index (χ0n) is 14.6. The van der Waals surface area contributed by atoms with Gasteiger partial charge in [0.15, 0.2) is 0 Å².